The standard InChI is InChI=1S/C16H32N2O2/c1-13(2)14(7-10-17)5-6-15(19)18-11-4-8-16(3,20)9-12-18/h13-14,20H,4-12,17H2,1-3H3. The van der Waals surface area contributed by atoms with Gasteiger partial charge in [0.25, 0.3) is 0 Å². The third kappa shape index (κ3) is 5.80. The molecule has 1 heterocycles. The highest BCUT2D eigenvalue weighted by molar-refractivity contribution is 5.76. The van der Waals surface area contributed by atoms with Crippen molar-refractivity contribution in [1.29, 1.82) is 0 Å². The van der Waals surface area contributed by atoms with Gasteiger partial charge in [-0.2, -0.15) is 0 Å². The molecule has 1 fully saturated rings. The highest BCUT2D eigenvalue weighted by Gasteiger charge is 2.27. The first-order chi connectivity index (χ1) is 9.35. The fourth-order valence-electron chi connectivity index (χ4n) is 3.00. The molecule has 2 unspecified atom stereocenters. The molecule has 20 heavy (non-hydrogen) atoms. The number of nitrogens with two attached hydrogens (primary N) is 1. The van der Waals surface area contributed by atoms with E-state index < -0.39 is 5.60 Å². The summed E-state index contributed by atoms with van der Waals surface area (Å²) in [7, 11) is 0. The largest absolute Gasteiger partial charge is 0.390 e. The number of aliphatic hydroxyl groups is 1. The lowest BCUT2D eigenvalue weighted by Gasteiger charge is -2.24. The lowest BCUT2D eigenvalue weighted by Crippen LogP contribution is -2.33. The Hall–Kier alpha value is -0.610. The number of carbonyl (C=O) groups is 1. The van der Waals surface area contributed by atoms with E-state index in [1.165, 1.54) is 0 Å². The predicted molar refractivity (Wildman–Crippen MR) is 82.3 cm³/mol. The van der Waals surface area contributed by atoms with Crippen LogP contribution < -0.4 is 5.73 Å². The number of hydrogen-bond donors (Lipinski definition) is 2. The SMILES string of the molecule is CC(C)C(CCN)CCC(=O)N1CCCC(C)(O)CC1. The second-order valence-corrected chi connectivity index (χ2v) is 6.85. The van der Waals surface area contributed by atoms with Gasteiger partial charge >= 0.3 is 0 Å². The molecule has 1 saturated heterocycles. The van der Waals surface area contributed by atoms with Gasteiger partial charge in [0, 0.05) is 19.5 Å². The van der Waals surface area contributed by atoms with Crippen molar-refractivity contribution in [2.75, 3.05) is 19.6 Å². The molecule has 1 aliphatic rings. The van der Waals surface area contributed by atoms with E-state index in [-0.39, 0.29) is 5.91 Å². The molecular weight excluding hydrogens is 252 g/mol. The summed E-state index contributed by atoms with van der Waals surface area (Å²) in [6.45, 7) is 8.45. The summed E-state index contributed by atoms with van der Waals surface area (Å²) >= 11 is 0. The lowest BCUT2D eigenvalue weighted by molar-refractivity contribution is -0.131. The average Bonchev–Trinajstić information content (AvgIpc) is 2.54. The van der Waals surface area contributed by atoms with E-state index in [1.807, 2.05) is 11.8 Å². The third-order valence-electron chi connectivity index (χ3n) is 4.63. The molecule has 0 aromatic carbocycles. The molecule has 0 spiro atoms. The van der Waals surface area contributed by atoms with Crippen molar-refractivity contribution in [3.63, 3.8) is 0 Å². The summed E-state index contributed by atoms with van der Waals surface area (Å²) in [5.74, 6) is 1.36. The number of rotatable bonds is 6. The summed E-state index contributed by atoms with van der Waals surface area (Å²) in [4.78, 5) is 14.2. The number of hydrogen-bond acceptors (Lipinski definition) is 3. The Morgan fingerprint density at radius 3 is 2.60 bits per heavy atom. The van der Waals surface area contributed by atoms with Crippen molar-refractivity contribution in [1.82, 2.24) is 4.90 Å². The van der Waals surface area contributed by atoms with Gasteiger partial charge in [0.2, 0.25) is 5.91 Å². The Morgan fingerprint density at radius 2 is 2.00 bits per heavy atom. The van der Waals surface area contributed by atoms with Crippen LogP contribution in [0, 0.1) is 11.8 Å². The van der Waals surface area contributed by atoms with Gasteiger partial charge in [0.1, 0.15) is 0 Å². The molecule has 4 nitrogen and oxygen atoms in total. The topological polar surface area (TPSA) is 66.6 Å². The molecular formula is C16H32N2O2. The molecule has 1 rings (SSSR count). The van der Waals surface area contributed by atoms with Crippen molar-refractivity contribution in [2.45, 2.75) is 64.9 Å². The number of nitrogens with zero attached hydrogens (tertiary/aromatic N) is 1. The van der Waals surface area contributed by atoms with Crippen LogP contribution in [0.4, 0.5) is 0 Å². The Kier molecular flexibility index (Phi) is 6.96. The zero-order valence-electron chi connectivity index (χ0n) is 13.4. The van der Waals surface area contributed by atoms with Crippen LogP contribution >= 0.6 is 0 Å². The minimum atomic E-state index is -0.602. The van der Waals surface area contributed by atoms with Crippen LogP contribution in [0.5, 0.6) is 0 Å². The van der Waals surface area contributed by atoms with Gasteiger partial charge in [-0.1, -0.05) is 13.8 Å². The molecule has 0 bridgehead atoms. The van der Waals surface area contributed by atoms with Gasteiger partial charge in [-0.15, -0.1) is 0 Å². The smallest absolute Gasteiger partial charge is 0.222 e. The van der Waals surface area contributed by atoms with Gasteiger partial charge < -0.3 is 15.7 Å². The zero-order valence-corrected chi connectivity index (χ0v) is 13.4. The van der Waals surface area contributed by atoms with Crippen LogP contribution in [0.25, 0.3) is 0 Å². The molecule has 0 aromatic heterocycles. The summed E-state index contributed by atoms with van der Waals surface area (Å²) in [5, 5.41) is 10.1. The van der Waals surface area contributed by atoms with Crippen molar-refractivity contribution in [3.8, 4) is 0 Å². The first-order valence-corrected chi connectivity index (χ1v) is 8.06. The predicted octanol–water partition coefficient (Wildman–Crippen LogP) is 2.15. The molecule has 1 amide bonds. The van der Waals surface area contributed by atoms with E-state index in [2.05, 4.69) is 13.8 Å². The van der Waals surface area contributed by atoms with Crippen LogP contribution in [-0.2, 0) is 4.79 Å². The molecule has 1 aliphatic heterocycles. The van der Waals surface area contributed by atoms with Crippen LogP contribution in [0.1, 0.15) is 59.3 Å². The number of likely N-dealkylation sites (tertiary alicyclic amines) is 1. The van der Waals surface area contributed by atoms with Gasteiger partial charge in [-0.05, 0) is 57.4 Å². The highest BCUT2D eigenvalue weighted by Crippen LogP contribution is 2.24. The third-order valence-corrected chi connectivity index (χ3v) is 4.63. The van der Waals surface area contributed by atoms with Gasteiger partial charge in [-0.3, -0.25) is 4.79 Å². The van der Waals surface area contributed by atoms with E-state index in [0.717, 1.165) is 32.2 Å². The number of carbonyl (C=O) groups excluding carboxylic acids is 1. The fourth-order valence-corrected chi connectivity index (χ4v) is 3.00. The van der Waals surface area contributed by atoms with Crippen LogP contribution in [0.2, 0.25) is 0 Å². The number of amides is 1. The molecule has 3 N–H and O–H groups in total. The molecule has 4 heteroatoms. The Bertz CT molecular complexity index is 303. The quantitative estimate of drug-likeness (QED) is 0.785. The Labute approximate surface area is 123 Å². The maximum atomic E-state index is 12.3. The van der Waals surface area contributed by atoms with Crippen molar-refractivity contribution < 1.29 is 9.90 Å². The Balaban J connectivity index is 2.42. The van der Waals surface area contributed by atoms with Gasteiger partial charge in [0.15, 0.2) is 0 Å². The molecule has 0 saturated carbocycles. The molecule has 0 radical (unpaired) electrons. The van der Waals surface area contributed by atoms with Crippen molar-refractivity contribution in [3.05, 3.63) is 0 Å². The van der Waals surface area contributed by atoms with E-state index in [4.69, 9.17) is 5.73 Å². The zero-order chi connectivity index (χ0) is 15.2. The average molecular weight is 284 g/mol. The van der Waals surface area contributed by atoms with Gasteiger partial charge in [-0.25, -0.2) is 0 Å². The van der Waals surface area contributed by atoms with E-state index in [0.29, 0.717) is 37.8 Å². The van der Waals surface area contributed by atoms with Crippen LogP contribution in [0.3, 0.4) is 0 Å². The van der Waals surface area contributed by atoms with Crippen LogP contribution in [-0.4, -0.2) is 41.1 Å². The van der Waals surface area contributed by atoms with Crippen molar-refractivity contribution >= 4 is 5.91 Å². The minimum absolute atomic E-state index is 0.241. The van der Waals surface area contributed by atoms with E-state index >= 15 is 0 Å². The minimum Gasteiger partial charge on any atom is -0.390 e. The maximum Gasteiger partial charge on any atom is 0.222 e. The van der Waals surface area contributed by atoms with Crippen LogP contribution in [0.15, 0.2) is 0 Å². The molecule has 0 aromatic rings. The first-order valence-electron chi connectivity index (χ1n) is 8.06. The first kappa shape index (κ1) is 17.4. The summed E-state index contributed by atoms with van der Waals surface area (Å²) in [5.41, 5.74) is 5.04. The maximum absolute atomic E-state index is 12.3. The Morgan fingerprint density at radius 1 is 1.30 bits per heavy atom. The molecule has 118 valence electrons. The normalized spacial score (nSPS) is 25.6. The highest BCUT2D eigenvalue weighted by atomic mass is 16.3. The summed E-state index contributed by atoms with van der Waals surface area (Å²) < 4.78 is 0. The van der Waals surface area contributed by atoms with E-state index in [9.17, 15) is 9.90 Å². The molecule has 0 aliphatic carbocycles. The van der Waals surface area contributed by atoms with Crippen molar-refractivity contribution in [2.24, 2.45) is 17.6 Å². The second-order valence-electron chi connectivity index (χ2n) is 6.85. The fraction of sp³-hybridized carbons (Fsp3) is 0.938. The second kappa shape index (κ2) is 7.99. The van der Waals surface area contributed by atoms with Gasteiger partial charge in [0.05, 0.1) is 5.60 Å². The van der Waals surface area contributed by atoms with E-state index in [1.54, 1.807) is 0 Å². The summed E-state index contributed by atoms with van der Waals surface area (Å²) in [6, 6.07) is 0. The lowest BCUT2D eigenvalue weighted by atomic mass is 9.88. The summed E-state index contributed by atoms with van der Waals surface area (Å²) in [6.07, 6.45) is 4.92. The monoisotopic (exact) mass is 284 g/mol. The molecule has 2 atom stereocenters.